The number of nitrogens with one attached hydrogen (secondary N) is 3. The number of anilines is 2. The highest BCUT2D eigenvalue weighted by atomic mass is 19.1. The summed E-state index contributed by atoms with van der Waals surface area (Å²) in [7, 11) is 1.65. The van der Waals surface area contributed by atoms with Crippen LogP contribution in [0, 0.1) is 16.6 Å². The maximum Gasteiger partial charge on any atom is 0.133 e. The van der Waals surface area contributed by atoms with Crippen LogP contribution in [-0.4, -0.2) is 52.7 Å². The van der Waals surface area contributed by atoms with Crippen molar-refractivity contribution < 1.29 is 9.50 Å². The third-order valence-electron chi connectivity index (χ3n) is 5.08. The predicted molar refractivity (Wildman–Crippen MR) is 117 cm³/mol. The first kappa shape index (κ1) is 21.4. The molecule has 30 heavy (non-hydrogen) atoms. The van der Waals surface area contributed by atoms with E-state index >= 15 is 0 Å². The number of halogens is 1. The molecule has 1 saturated heterocycles. The Kier molecular flexibility index (Phi) is 6.12. The first-order valence-electron chi connectivity index (χ1n) is 9.61. The van der Waals surface area contributed by atoms with Gasteiger partial charge < -0.3 is 26.5 Å². The van der Waals surface area contributed by atoms with E-state index in [0.717, 1.165) is 31.7 Å². The summed E-state index contributed by atoms with van der Waals surface area (Å²) in [6.07, 6.45) is 5.46. The lowest BCUT2D eigenvalue weighted by Crippen LogP contribution is -2.46. The fourth-order valence-corrected chi connectivity index (χ4v) is 3.59. The van der Waals surface area contributed by atoms with E-state index in [9.17, 15) is 9.50 Å². The summed E-state index contributed by atoms with van der Waals surface area (Å²) in [5.41, 5.74) is 6.47. The van der Waals surface area contributed by atoms with Gasteiger partial charge in [-0.1, -0.05) is 0 Å². The molecular formula is C21H26FN7O. The van der Waals surface area contributed by atoms with Gasteiger partial charge >= 0.3 is 0 Å². The van der Waals surface area contributed by atoms with Crippen LogP contribution in [0.15, 0.2) is 30.7 Å². The number of allylic oxidation sites excluding steroid dienone is 1. The molecule has 1 aromatic heterocycles. The number of aliphatic hydroxyl groups is 1. The van der Waals surface area contributed by atoms with Gasteiger partial charge in [0.05, 0.1) is 17.0 Å². The molecule has 8 nitrogen and oxygen atoms in total. The molecule has 3 rings (SSSR count). The van der Waals surface area contributed by atoms with Crippen molar-refractivity contribution in [3.05, 3.63) is 53.4 Å². The number of aromatic nitrogens is 2. The molecule has 0 spiro atoms. The van der Waals surface area contributed by atoms with Crippen LogP contribution >= 0.6 is 0 Å². The molecule has 2 aromatic rings. The van der Waals surface area contributed by atoms with E-state index in [2.05, 4.69) is 15.3 Å². The van der Waals surface area contributed by atoms with Gasteiger partial charge in [-0.3, -0.25) is 5.41 Å². The highest BCUT2D eigenvalue weighted by Gasteiger charge is 2.29. The third kappa shape index (κ3) is 4.46. The molecule has 0 bridgehead atoms. The number of benzene rings is 1. The van der Waals surface area contributed by atoms with Gasteiger partial charge in [0.25, 0.3) is 0 Å². The number of nitrogens with two attached hydrogens (primary N) is 1. The Morgan fingerprint density at radius 1 is 1.33 bits per heavy atom. The minimum Gasteiger partial charge on any atom is -0.398 e. The van der Waals surface area contributed by atoms with Gasteiger partial charge in [0, 0.05) is 61.0 Å². The summed E-state index contributed by atoms with van der Waals surface area (Å²) < 4.78 is 14.5. The fraction of sp³-hybridized carbons (Fsp3) is 0.333. The molecule has 0 saturated carbocycles. The molecule has 1 fully saturated rings. The van der Waals surface area contributed by atoms with Crippen molar-refractivity contribution in [3.63, 3.8) is 0 Å². The highest BCUT2D eigenvalue weighted by Crippen LogP contribution is 2.27. The van der Waals surface area contributed by atoms with E-state index in [0.29, 0.717) is 29.2 Å². The zero-order valence-electron chi connectivity index (χ0n) is 17.0. The molecule has 1 atom stereocenters. The largest absolute Gasteiger partial charge is 0.398 e. The lowest BCUT2D eigenvalue weighted by molar-refractivity contribution is 0.0447. The van der Waals surface area contributed by atoms with Crippen molar-refractivity contribution in [2.24, 2.45) is 0 Å². The van der Waals surface area contributed by atoms with Gasteiger partial charge in [0.15, 0.2) is 0 Å². The van der Waals surface area contributed by atoms with Crippen LogP contribution < -0.4 is 16.0 Å². The second-order valence-electron chi connectivity index (χ2n) is 7.61. The highest BCUT2D eigenvalue weighted by molar-refractivity contribution is 6.15. The Hall–Kier alpha value is -3.33. The lowest BCUT2D eigenvalue weighted by atomic mass is 9.95. The van der Waals surface area contributed by atoms with Crippen LogP contribution in [0.3, 0.4) is 0 Å². The SMILES string of the molecule is CN/C=C(\C=N)c1cc(C(=N)c2cc(N3CCCC(C)(O)C3)ncn2)c(N)cc1F. The molecule has 6 N–H and O–H groups in total. The molecule has 2 heterocycles. The number of hydrogen-bond acceptors (Lipinski definition) is 8. The topological polar surface area (TPSA) is 135 Å². The van der Waals surface area contributed by atoms with Gasteiger partial charge in [-0.05, 0) is 31.9 Å². The van der Waals surface area contributed by atoms with Crippen molar-refractivity contribution >= 4 is 29.0 Å². The molecule has 1 aromatic carbocycles. The maximum absolute atomic E-state index is 14.5. The first-order chi connectivity index (χ1) is 14.3. The summed E-state index contributed by atoms with van der Waals surface area (Å²) >= 11 is 0. The molecule has 1 aliphatic rings. The van der Waals surface area contributed by atoms with Crippen molar-refractivity contribution in [2.45, 2.75) is 25.4 Å². The van der Waals surface area contributed by atoms with Crippen LogP contribution in [0.4, 0.5) is 15.9 Å². The summed E-state index contributed by atoms with van der Waals surface area (Å²) in [5.74, 6) is 0.0360. The van der Waals surface area contributed by atoms with Gasteiger partial charge in [0.2, 0.25) is 0 Å². The number of nitrogens with zero attached hydrogens (tertiary/aromatic N) is 3. The van der Waals surface area contributed by atoms with Crippen molar-refractivity contribution in [1.29, 1.82) is 10.8 Å². The fourth-order valence-electron chi connectivity index (χ4n) is 3.59. The molecule has 0 amide bonds. The summed E-state index contributed by atoms with van der Waals surface area (Å²) in [4.78, 5) is 10.5. The maximum atomic E-state index is 14.5. The first-order valence-corrected chi connectivity index (χ1v) is 9.61. The van der Waals surface area contributed by atoms with Crippen molar-refractivity contribution in [2.75, 3.05) is 30.8 Å². The van der Waals surface area contributed by atoms with Crippen LogP contribution in [0.5, 0.6) is 0 Å². The third-order valence-corrected chi connectivity index (χ3v) is 5.08. The Morgan fingerprint density at radius 2 is 2.10 bits per heavy atom. The number of piperidine rings is 1. The standard InChI is InChI=1S/C21H26FN7O/c1-21(30)4-3-5-29(11-21)19-8-18(27-12-28-19)20(25)15-6-14(13(9-23)10-26-2)16(22)7-17(15)24/h6-10,12,23,25-26,30H,3-5,11,24H2,1-2H3/b13-10+,23-9?,25-20?. The smallest absolute Gasteiger partial charge is 0.133 e. The molecular weight excluding hydrogens is 385 g/mol. The number of β-amino-alcohol motifs (C(OH)–C–C–N with tert-alkyl or cyclic N) is 1. The summed E-state index contributed by atoms with van der Waals surface area (Å²) in [6.45, 7) is 2.99. The summed E-state index contributed by atoms with van der Waals surface area (Å²) in [6, 6.07) is 4.28. The summed E-state index contributed by atoms with van der Waals surface area (Å²) in [5, 5.41) is 29.3. The minimum absolute atomic E-state index is 0.0231. The van der Waals surface area contributed by atoms with Gasteiger partial charge in [-0.15, -0.1) is 0 Å². The predicted octanol–water partition coefficient (Wildman–Crippen LogP) is 2.18. The van der Waals surface area contributed by atoms with Crippen LogP contribution in [0.25, 0.3) is 5.57 Å². The van der Waals surface area contributed by atoms with Gasteiger partial charge in [0.1, 0.15) is 18.0 Å². The number of hydrogen-bond donors (Lipinski definition) is 5. The number of rotatable bonds is 6. The van der Waals surface area contributed by atoms with Gasteiger partial charge in [-0.25, -0.2) is 14.4 Å². The Labute approximate surface area is 174 Å². The second-order valence-corrected chi connectivity index (χ2v) is 7.61. The average Bonchev–Trinajstić information content (AvgIpc) is 2.71. The molecule has 0 aliphatic carbocycles. The van der Waals surface area contributed by atoms with E-state index in [1.807, 2.05) is 4.90 Å². The van der Waals surface area contributed by atoms with E-state index in [1.165, 1.54) is 18.6 Å². The Morgan fingerprint density at radius 3 is 2.77 bits per heavy atom. The second kappa shape index (κ2) is 8.58. The molecule has 158 valence electrons. The lowest BCUT2D eigenvalue weighted by Gasteiger charge is -2.37. The Bertz CT molecular complexity index is 1000. The normalized spacial score (nSPS) is 19.5. The van der Waals surface area contributed by atoms with E-state index < -0.39 is 11.4 Å². The zero-order valence-corrected chi connectivity index (χ0v) is 17.0. The van der Waals surface area contributed by atoms with Crippen LogP contribution in [0.1, 0.15) is 36.6 Å². The zero-order chi connectivity index (χ0) is 21.9. The quantitative estimate of drug-likeness (QED) is 0.365. The van der Waals surface area contributed by atoms with Crippen molar-refractivity contribution in [1.82, 2.24) is 15.3 Å². The molecule has 1 unspecified atom stereocenters. The average molecular weight is 411 g/mol. The van der Waals surface area contributed by atoms with Crippen LogP contribution in [0.2, 0.25) is 0 Å². The van der Waals surface area contributed by atoms with Gasteiger partial charge in [-0.2, -0.15) is 0 Å². The minimum atomic E-state index is -0.796. The Balaban J connectivity index is 1.97. The molecule has 0 radical (unpaired) electrons. The van der Waals surface area contributed by atoms with E-state index in [4.69, 9.17) is 16.6 Å². The number of nitrogen functional groups attached to an aromatic ring is 1. The van der Waals surface area contributed by atoms with E-state index in [1.54, 1.807) is 20.0 Å². The van der Waals surface area contributed by atoms with E-state index in [-0.39, 0.29) is 17.0 Å². The monoisotopic (exact) mass is 411 g/mol. The van der Waals surface area contributed by atoms with Crippen molar-refractivity contribution in [3.8, 4) is 0 Å². The van der Waals surface area contributed by atoms with Crippen LogP contribution in [-0.2, 0) is 0 Å². The molecule has 1 aliphatic heterocycles. The molecule has 9 heteroatoms.